The van der Waals surface area contributed by atoms with Crippen LogP contribution in [0.3, 0.4) is 0 Å². The van der Waals surface area contributed by atoms with Crippen molar-refractivity contribution in [2.75, 3.05) is 0 Å². The zero-order valence-electron chi connectivity index (χ0n) is 10.0. The fourth-order valence-corrected chi connectivity index (χ4v) is 2.06. The van der Waals surface area contributed by atoms with Crippen LogP contribution in [0.25, 0.3) is 22.6 Å². The zero-order valence-corrected chi connectivity index (χ0v) is 10.8. The first kappa shape index (κ1) is 12.5. The van der Waals surface area contributed by atoms with Crippen LogP contribution >= 0.6 is 11.6 Å². The zero-order chi connectivity index (χ0) is 14.1. The molecule has 0 radical (unpaired) electrons. The third-order valence-electron chi connectivity index (χ3n) is 2.76. The Hall–Kier alpha value is -2.53. The summed E-state index contributed by atoms with van der Waals surface area (Å²) >= 11 is 5.74. The van der Waals surface area contributed by atoms with E-state index in [0.717, 1.165) is 0 Å². The summed E-state index contributed by atoms with van der Waals surface area (Å²) in [4.78, 5) is 11.3. The Balaban J connectivity index is 2.24. The molecule has 0 amide bonds. The molecule has 0 aliphatic heterocycles. The van der Waals surface area contributed by atoms with E-state index in [1.165, 1.54) is 0 Å². The van der Waals surface area contributed by atoms with Gasteiger partial charge < -0.3 is 14.0 Å². The number of benzene rings is 1. The highest BCUT2D eigenvalue weighted by molar-refractivity contribution is 6.29. The van der Waals surface area contributed by atoms with Crippen LogP contribution in [0.2, 0.25) is 5.22 Å². The average molecular weight is 290 g/mol. The number of furan rings is 1. The molecule has 5 nitrogen and oxygen atoms in total. The van der Waals surface area contributed by atoms with Gasteiger partial charge in [0.15, 0.2) is 16.7 Å². The Labute approximate surface area is 118 Å². The number of nitrogens with zero attached hydrogens (tertiary/aromatic N) is 1. The fraction of sp³-hybridized carbons (Fsp3) is 0. The van der Waals surface area contributed by atoms with E-state index in [1.807, 2.05) is 6.07 Å². The maximum absolute atomic E-state index is 11.3. The topological polar surface area (TPSA) is 76.5 Å². The van der Waals surface area contributed by atoms with Gasteiger partial charge in [0.2, 0.25) is 0 Å². The van der Waals surface area contributed by atoms with Gasteiger partial charge in [-0.05, 0) is 29.3 Å². The van der Waals surface area contributed by atoms with Crippen LogP contribution in [-0.4, -0.2) is 16.2 Å². The van der Waals surface area contributed by atoms with Crippen LogP contribution in [-0.2, 0) is 0 Å². The van der Waals surface area contributed by atoms with Crippen LogP contribution in [0.5, 0.6) is 0 Å². The first-order chi connectivity index (χ1) is 9.66. The highest BCUT2D eigenvalue weighted by atomic mass is 35.5. The molecule has 20 heavy (non-hydrogen) atoms. The maximum Gasteiger partial charge on any atom is 0.375 e. The van der Waals surface area contributed by atoms with Gasteiger partial charge in [-0.3, -0.25) is 0 Å². The Kier molecular flexibility index (Phi) is 3.04. The summed E-state index contributed by atoms with van der Waals surface area (Å²) in [5, 5.41) is 13.2. The predicted molar refractivity (Wildman–Crippen MR) is 71.6 cm³/mol. The molecule has 0 spiro atoms. The van der Waals surface area contributed by atoms with Crippen molar-refractivity contribution in [1.82, 2.24) is 5.16 Å². The second-order valence-corrected chi connectivity index (χ2v) is 4.38. The van der Waals surface area contributed by atoms with E-state index >= 15 is 0 Å². The van der Waals surface area contributed by atoms with Gasteiger partial charge in [0, 0.05) is 0 Å². The average Bonchev–Trinajstić information content (AvgIpc) is 3.05. The van der Waals surface area contributed by atoms with Crippen molar-refractivity contribution in [3.63, 3.8) is 0 Å². The van der Waals surface area contributed by atoms with E-state index in [2.05, 4.69) is 5.16 Å². The minimum Gasteiger partial charge on any atom is -0.475 e. The molecule has 3 rings (SSSR count). The Morgan fingerprint density at radius 3 is 2.50 bits per heavy atom. The van der Waals surface area contributed by atoms with Gasteiger partial charge in [-0.2, -0.15) is 0 Å². The number of halogens is 1. The van der Waals surface area contributed by atoms with Gasteiger partial charge in [0.05, 0.1) is 5.56 Å². The second kappa shape index (κ2) is 4.86. The van der Waals surface area contributed by atoms with Crippen molar-refractivity contribution in [1.29, 1.82) is 0 Å². The SMILES string of the molecule is O=C(O)c1onc(-c2ccc(Cl)o2)c1-c1ccccc1. The van der Waals surface area contributed by atoms with Crippen LogP contribution in [0.4, 0.5) is 0 Å². The summed E-state index contributed by atoms with van der Waals surface area (Å²) in [5.41, 5.74) is 1.35. The number of rotatable bonds is 3. The molecule has 100 valence electrons. The molecular formula is C14H8ClNO4. The minimum absolute atomic E-state index is 0.193. The minimum atomic E-state index is -1.19. The number of aromatic carboxylic acids is 1. The summed E-state index contributed by atoms with van der Waals surface area (Å²) < 4.78 is 10.2. The molecule has 0 saturated heterocycles. The van der Waals surface area contributed by atoms with Gasteiger partial charge >= 0.3 is 5.97 Å². The number of carboxylic acids is 1. The van der Waals surface area contributed by atoms with Crippen molar-refractivity contribution < 1.29 is 18.8 Å². The van der Waals surface area contributed by atoms with Gasteiger partial charge in [-0.1, -0.05) is 35.5 Å². The lowest BCUT2D eigenvalue weighted by atomic mass is 10.0. The lowest BCUT2D eigenvalue weighted by Crippen LogP contribution is -1.96. The molecule has 6 heteroatoms. The Morgan fingerprint density at radius 2 is 1.90 bits per heavy atom. The molecule has 3 aromatic rings. The van der Waals surface area contributed by atoms with E-state index < -0.39 is 5.97 Å². The summed E-state index contributed by atoms with van der Waals surface area (Å²) in [7, 11) is 0. The van der Waals surface area contributed by atoms with E-state index in [4.69, 9.17) is 20.5 Å². The Morgan fingerprint density at radius 1 is 1.15 bits per heavy atom. The van der Waals surface area contributed by atoms with Crippen molar-refractivity contribution in [2.24, 2.45) is 0 Å². The maximum atomic E-state index is 11.3. The lowest BCUT2D eigenvalue weighted by molar-refractivity contribution is 0.0653. The molecule has 0 unspecified atom stereocenters. The van der Waals surface area contributed by atoms with E-state index in [1.54, 1.807) is 36.4 Å². The number of carboxylic acid groups (broad SMARTS) is 1. The Bertz CT molecular complexity index is 761. The first-order valence-electron chi connectivity index (χ1n) is 5.71. The van der Waals surface area contributed by atoms with E-state index in [9.17, 15) is 9.90 Å². The highest BCUT2D eigenvalue weighted by Gasteiger charge is 2.25. The highest BCUT2D eigenvalue weighted by Crippen LogP contribution is 2.35. The lowest BCUT2D eigenvalue weighted by Gasteiger charge is -2.00. The molecular weight excluding hydrogens is 282 g/mol. The first-order valence-corrected chi connectivity index (χ1v) is 6.08. The fourth-order valence-electron chi connectivity index (χ4n) is 1.92. The van der Waals surface area contributed by atoms with E-state index in [0.29, 0.717) is 22.6 Å². The number of hydrogen-bond donors (Lipinski definition) is 1. The molecule has 1 N–H and O–H groups in total. The van der Waals surface area contributed by atoms with Crippen molar-refractivity contribution in [3.05, 3.63) is 53.4 Å². The standard InChI is InChI=1S/C14H8ClNO4/c15-10-7-6-9(19-10)12-11(8-4-2-1-3-5-8)13(14(17)18)20-16-12/h1-7H,(H,17,18). The molecule has 0 aliphatic carbocycles. The molecule has 1 aromatic carbocycles. The predicted octanol–water partition coefficient (Wildman–Crippen LogP) is 3.95. The van der Waals surface area contributed by atoms with Gasteiger partial charge in [-0.25, -0.2) is 4.79 Å². The largest absolute Gasteiger partial charge is 0.475 e. The van der Waals surface area contributed by atoms with Gasteiger partial charge in [-0.15, -0.1) is 0 Å². The van der Waals surface area contributed by atoms with Crippen LogP contribution in [0.15, 0.2) is 51.4 Å². The third kappa shape index (κ3) is 2.08. The molecule has 0 saturated carbocycles. The third-order valence-corrected chi connectivity index (χ3v) is 2.96. The van der Waals surface area contributed by atoms with Gasteiger partial charge in [0.1, 0.15) is 0 Å². The number of carbonyl (C=O) groups is 1. The van der Waals surface area contributed by atoms with Crippen LogP contribution < -0.4 is 0 Å². The van der Waals surface area contributed by atoms with Crippen LogP contribution in [0.1, 0.15) is 10.6 Å². The molecule has 0 atom stereocenters. The second-order valence-electron chi connectivity index (χ2n) is 4.01. The van der Waals surface area contributed by atoms with Crippen LogP contribution in [0, 0.1) is 0 Å². The van der Waals surface area contributed by atoms with Crippen molar-refractivity contribution >= 4 is 17.6 Å². The normalized spacial score (nSPS) is 10.7. The number of aromatic nitrogens is 1. The summed E-state index contributed by atoms with van der Waals surface area (Å²) in [6.07, 6.45) is 0. The van der Waals surface area contributed by atoms with Gasteiger partial charge in [0.25, 0.3) is 5.76 Å². The van der Waals surface area contributed by atoms with Crippen molar-refractivity contribution in [2.45, 2.75) is 0 Å². The molecule has 0 bridgehead atoms. The monoisotopic (exact) mass is 289 g/mol. The molecule has 2 heterocycles. The van der Waals surface area contributed by atoms with Crippen molar-refractivity contribution in [3.8, 4) is 22.6 Å². The molecule has 0 aliphatic rings. The summed E-state index contributed by atoms with van der Waals surface area (Å²) in [6.45, 7) is 0. The number of hydrogen-bond acceptors (Lipinski definition) is 4. The summed E-state index contributed by atoms with van der Waals surface area (Å²) in [5.74, 6) is -1.08. The summed E-state index contributed by atoms with van der Waals surface area (Å²) in [6, 6.07) is 12.1. The molecule has 0 fully saturated rings. The molecule has 2 aromatic heterocycles. The quantitative estimate of drug-likeness (QED) is 0.790. The smallest absolute Gasteiger partial charge is 0.375 e. The van der Waals surface area contributed by atoms with E-state index in [-0.39, 0.29) is 11.0 Å².